The number of nitrogens with one attached hydrogen (secondary N) is 1. The molecule has 0 aromatic carbocycles. The van der Waals surface area contributed by atoms with Gasteiger partial charge in [0.15, 0.2) is 0 Å². The first kappa shape index (κ1) is 14.0. The van der Waals surface area contributed by atoms with Gasteiger partial charge in [0, 0.05) is 18.3 Å². The average Bonchev–Trinajstić information content (AvgIpc) is 2.44. The smallest absolute Gasteiger partial charge is 0.223 e. The number of aromatic nitrogens is 3. The van der Waals surface area contributed by atoms with Gasteiger partial charge >= 0.3 is 0 Å². The van der Waals surface area contributed by atoms with Crippen LogP contribution in [-0.4, -0.2) is 21.5 Å². The van der Waals surface area contributed by atoms with Crippen LogP contribution in [0.5, 0.6) is 0 Å². The topological polar surface area (TPSA) is 106 Å². The molecule has 106 valence electrons. The fourth-order valence-corrected chi connectivity index (χ4v) is 1.93. The SMILES string of the molecule is CCN(Cc1cccc(C)n1)c1cc(NN)nc(N)n1. The molecule has 2 aromatic rings. The van der Waals surface area contributed by atoms with Crippen molar-refractivity contribution >= 4 is 17.6 Å². The van der Waals surface area contributed by atoms with Crippen molar-refractivity contribution in [3.63, 3.8) is 0 Å². The van der Waals surface area contributed by atoms with Gasteiger partial charge in [-0.3, -0.25) is 4.98 Å². The van der Waals surface area contributed by atoms with Crippen molar-refractivity contribution in [1.29, 1.82) is 0 Å². The summed E-state index contributed by atoms with van der Waals surface area (Å²) in [5.41, 5.74) is 10.1. The zero-order valence-corrected chi connectivity index (χ0v) is 11.7. The van der Waals surface area contributed by atoms with E-state index in [1.807, 2.05) is 32.0 Å². The first-order valence-corrected chi connectivity index (χ1v) is 6.41. The van der Waals surface area contributed by atoms with Crippen molar-refractivity contribution < 1.29 is 0 Å². The van der Waals surface area contributed by atoms with E-state index < -0.39 is 0 Å². The fourth-order valence-electron chi connectivity index (χ4n) is 1.93. The lowest BCUT2D eigenvalue weighted by molar-refractivity contribution is 0.789. The van der Waals surface area contributed by atoms with Crippen LogP contribution in [-0.2, 0) is 6.54 Å². The zero-order valence-electron chi connectivity index (χ0n) is 11.7. The van der Waals surface area contributed by atoms with Gasteiger partial charge in [-0.05, 0) is 26.0 Å². The monoisotopic (exact) mass is 273 g/mol. The molecule has 20 heavy (non-hydrogen) atoms. The molecule has 2 rings (SSSR count). The summed E-state index contributed by atoms with van der Waals surface area (Å²) in [7, 11) is 0. The van der Waals surface area contributed by atoms with Gasteiger partial charge in [-0.1, -0.05) is 6.07 Å². The number of nitrogen functional groups attached to an aromatic ring is 2. The quantitative estimate of drug-likeness (QED) is 0.552. The molecule has 0 spiro atoms. The van der Waals surface area contributed by atoms with Crippen LogP contribution in [0.3, 0.4) is 0 Å². The minimum atomic E-state index is 0.186. The number of anilines is 3. The van der Waals surface area contributed by atoms with E-state index in [1.54, 1.807) is 6.07 Å². The number of hydrogen-bond acceptors (Lipinski definition) is 7. The van der Waals surface area contributed by atoms with Gasteiger partial charge in [0.1, 0.15) is 11.6 Å². The first-order chi connectivity index (χ1) is 9.62. The van der Waals surface area contributed by atoms with Gasteiger partial charge in [-0.15, -0.1) is 0 Å². The Morgan fingerprint density at radius 1 is 1.25 bits per heavy atom. The van der Waals surface area contributed by atoms with E-state index in [4.69, 9.17) is 11.6 Å². The summed E-state index contributed by atoms with van der Waals surface area (Å²) < 4.78 is 0. The van der Waals surface area contributed by atoms with Crippen molar-refractivity contribution in [2.45, 2.75) is 20.4 Å². The lowest BCUT2D eigenvalue weighted by Gasteiger charge is -2.22. The Kier molecular flexibility index (Phi) is 4.31. The van der Waals surface area contributed by atoms with Crippen LogP contribution >= 0.6 is 0 Å². The van der Waals surface area contributed by atoms with Crippen LogP contribution in [0.15, 0.2) is 24.3 Å². The maximum Gasteiger partial charge on any atom is 0.223 e. The molecule has 2 heterocycles. The molecule has 5 N–H and O–H groups in total. The van der Waals surface area contributed by atoms with Crippen LogP contribution in [0.1, 0.15) is 18.3 Å². The number of rotatable bonds is 5. The molecule has 0 saturated heterocycles. The number of hydrogen-bond donors (Lipinski definition) is 3. The van der Waals surface area contributed by atoms with Crippen LogP contribution < -0.4 is 21.9 Å². The Morgan fingerprint density at radius 3 is 2.70 bits per heavy atom. The Labute approximate surface area is 118 Å². The summed E-state index contributed by atoms with van der Waals surface area (Å²) in [6, 6.07) is 7.71. The first-order valence-electron chi connectivity index (χ1n) is 6.41. The second kappa shape index (κ2) is 6.16. The highest BCUT2D eigenvalue weighted by molar-refractivity contribution is 5.52. The minimum absolute atomic E-state index is 0.186. The number of nitrogens with two attached hydrogens (primary N) is 2. The zero-order chi connectivity index (χ0) is 14.5. The highest BCUT2D eigenvalue weighted by atomic mass is 15.3. The van der Waals surface area contributed by atoms with Crippen molar-refractivity contribution in [3.05, 3.63) is 35.7 Å². The lowest BCUT2D eigenvalue weighted by atomic mass is 10.3. The molecule has 0 saturated carbocycles. The second-order valence-corrected chi connectivity index (χ2v) is 4.40. The summed E-state index contributed by atoms with van der Waals surface area (Å²) in [5.74, 6) is 6.77. The molecule has 0 radical (unpaired) electrons. The van der Waals surface area contributed by atoms with E-state index in [0.29, 0.717) is 12.4 Å². The summed E-state index contributed by atoms with van der Waals surface area (Å²) >= 11 is 0. The third-order valence-corrected chi connectivity index (χ3v) is 2.88. The Hall–Kier alpha value is -2.41. The third kappa shape index (κ3) is 3.33. The standard InChI is InChI=1S/C13H19N7/c1-3-20(8-10-6-4-5-9(2)16-10)12-7-11(19-15)17-13(14)18-12/h4-7H,3,8,15H2,1-2H3,(H3,14,17,18,19). The van der Waals surface area contributed by atoms with Gasteiger partial charge < -0.3 is 16.1 Å². The van der Waals surface area contributed by atoms with E-state index in [-0.39, 0.29) is 5.95 Å². The van der Waals surface area contributed by atoms with Gasteiger partial charge in [0.25, 0.3) is 0 Å². The summed E-state index contributed by atoms with van der Waals surface area (Å²) in [5, 5.41) is 0. The maximum atomic E-state index is 5.68. The predicted octanol–water partition coefficient (Wildman–Crippen LogP) is 1.07. The lowest BCUT2D eigenvalue weighted by Crippen LogP contribution is -2.25. The molecule has 0 aliphatic carbocycles. The summed E-state index contributed by atoms with van der Waals surface area (Å²) in [6.45, 7) is 5.44. The number of hydrazine groups is 1. The molecule has 0 fully saturated rings. The van der Waals surface area contributed by atoms with E-state index in [2.05, 4.69) is 25.3 Å². The van der Waals surface area contributed by atoms with Crippen LogP contribution in [0.4, 0.5) is 17.6 Å². The van der Waals surface area contributed by atoms with Crippen molar-refractivity contribution in [2.24, 2.45) is 5.84 Å². The fraction of sp³-hybridized carbons (Fsp3) is 0.308. The van der Waals surface area contributed by atoms with Gasteiger partial charge in [-0.2, -0.15) is 9.97 Å². The largest absolute Gasteiger partial charge is 0.368 e. The molecule has 0 amide bonds. The highest BCUT2D eigenvalue weighted by Gasteiger charge is 2.10. The Morgan fingerprint density at radius 2 is 2.05 bits per heavy atom. The molecule has 7 nitrogen and oxygen atoms in total. The van der Waals surface area contributed by atoms with Crippen molar-refractivity contribution in [3.8, 4) is 0 Å². The number of nitrogens with zero attached hydrogens (tertiary/aromatic N) is 4. The van der Waals surface area contributed by atoms with Crippen molar-refractivity contribution in [1.82, 2.24) is 15.0 Å². The number of pyridine rings is 1. The molecule has 0 atom stereocenters. The van der Waals surface area contributed by atoms with E-state index in [9.17, 15) is 0 Å². The van der Waals surface area contributed by atoms with Gasteiger partial charge in [-0.25, -0.2) is 5.84 Å². The van der Waals surface area contributed by atoms with Crippen molar-refractivity contribution in [2.75, 3.05) is 22.6 Å². The van der Waals surface area contributed by atoms with E-state index in [1.165, 1.54) is 0 Å². The van der Waals surface area contributed by atoms with Crippen LogP contribution in [0.2, 0.25) is 0 Å². The molecule has 2 aromatic heterocycles. The van der Waals surface area contributed by atoms with Gasteiger partial charge in [0.2, 0.25) is 5.95 Å². The normalized spacial score (nSPS) is 10.3. The maximum absolute atomic E-state index is 5.68. The molecule has 0 aliphatic heterocycles. The third-order valence-electron chi connectivity index (χ3n) is 2.88. The molecule has 7 heteroatoms. The highest BCUT2D eigenvalue weighted by Crippen LogP contribution is 2.18. The van der Waals surface area contributed by atoms with E-state index >= 15 is 0 Å². The minimum Gasteiger partial charge on any atom is -0.368 e. The van der Waals surface area contributed by atoms with Crippen LogP contribution in [0, 0.1) is 6.92 Å². The number of aryl methyl sites for hydroxylation is 1. The van der Waals surface area contributed by atoms with E-state index in [0.717, 1.165) is 23.8 Å². The van der Waals surface area contributed by atoms with Gasteiger partial charge in [0.05, 0.1) is 12.2 Å². The Bertz CT molecular complexity index is 585. The molecular weight excluding hydrogens is 254 g/mol. The average molecular weight is 273 g/mol. The molecular formula is C13H19N7. The summed E-state index contributed by atoms with van der Waals surface area (Å²) in [6.07, 6.45) is 0. The second-order valence-electron chi connectivity index (χ2n) is 4.40. The predicted molar refractivity (Wildman–Crippen MR) is 80.0 cm³/mol. The molecule has 0 aliphatic rings. The van der Waals surface area contributed by atoms with Crippen LogP contribution in [0.25, 0.3) is 0 Å². The molecule has 0 bridgehead atoms. The Balaban J connectivity index is 2.26. The summed E-state index contributed by atoms with van der Waals surface area (Å²) in [4.78, 5) is 14.8. The molecule has 0 unspecified atom stereocenters.